The average Bonchev–Trinajstić information content (AvgIpc) is 2.96. The Morgan fingerprint density at radius 3 is 2.81 bits per heavy atom. The van der Waals surface area contributed by atoms with Gasteiger partial charge in [0.2, 0.25) is 5.91 Å². The van der Waals surface area contributed by atoms with Gasteiger partial charge in [0.1, 0.15) is 11.5 Å². The Morgan fingerprint density at radius 1 is 1.48 bits per heavy atom. The zero-order valence-corrected chi connectivity index (χ0v) is 13.0. The molecule has 2 atom stereocenters. The molecule has 1 saturated carbocycles. The van der Waals surface area contributed by atoms with Crippen molar-refractivity contribution in [3.8, 4) is 0 Å². The van der Waals surface area contributed by atoms with Gasteiger partial charge in [-0.15, -0.1) is 0 Å². The smallest absolute Gasteiger partial charge is 0.223 e. The Kier molecular flexibility index (Phi) is 3.82. The van der Waals surface area contributed by atoms with Crippen LogP contribution in [0.25, 0.3) is 0 Å². The van der Waals surface area contributed by atoms with Crippen LogP contribution in [0, 0.1) is 5.92 Å². The van der Waals surface area contributed by atoms with Gasteiger partial charge >= 0.3 is 0 Å². The molecule has 21 heavy (non-hydrogen) atoms. The van der Waals surface area contributed by atoms with E-state index >= 15 is 0 Å². The lowest BCUT2D eigenvalue weighted by Gasteiger charge is -2.46. The second-order valence-corrected chi connectivity index (χ2v) is 6.85. The molecular weight excluding hydrogens is 266 g/mol. The highest BCUT2D eigenvalue weighted by molar-refractivity contribution is 5.77. The molecule has 1 aromatic rings. The number of carbonyl (C=O) groups is 1. The minimum atomic E-state index is -0.635. The highest BCUT2D eigenvalue weighted by Gasteiger charge is 2.42. The minimum Gasteiger partial charge on any atom is -0.466 e. The van der Waals surface area contributed by atoms with Crippen LogP contribution in [-0.4, -0.2) is 34.6 Å². The van der Waals surface area contributed by atoms with E-state index in [0.717, 1.165) is 30.3 Å². The van der Waals surface area contributed by atoms with E-state index in [-0.39, 0.29) is 5.91 Å². The van der Waals surface area contributed by atoms with Crippen molar-refractivity contribution < 1.29 is 14.3 Å². The van der Waals surface area contributed by atoms with Gasteiger partial charge in [-0.3, -0.25) is 4.79 Å². The van der Waals surface area contributed by atoms with Crippen molar-refractivity contribution in [1.82, 2.24) is 4.90 Å². The van der Waals surface area contributed by atoms with E-state index in [4.69, 9.17) is 4.42 Å². The lowest BCUT2D eigenvalue weighted by molar-refractivity contribution is -0.156. The van der Waals surface area contributed by atoms with E-state index in [2.05, 4.69) is 19.9 Å². The standard InChI is InChI=1S/C17H25NO3/c1-3-8-17(20)10-18(11-17)16(19)7-5-13-4-6-15(21-13)14-9-12(14)2/h4,6,12,14,20H,3,5,7-11H2,1-2H3. The third-order valence-corrected chi connectivity index (χ3v) is 4.78. The van der Waals surface area contributed by atoms with Gasteiger partial charge in [0.25, 0.3) is 0 Å². The molecule has 1 aromatic heterocycles. The monoisotopic (exact) mass is 291 g/mol. The first-order chi connectivity index (χ1) is 10.0. The normalized spacial score (nSPS) is 26.5. The fourth-order valence-corrected chi connectivity index (χ4v) is 3.30. The molecule has 1 aliphatic heterocycles. The van der Waals surface area contributed by atoms with Gasteiger partial charge in [0.15, 0.2) is 0 Å². The van der Waals surface area contributed by atoms with Gasteiger partial charge in [-0.1, -0.05) is 20.3 Å². The predicted octanol–water partition coefficient (Wildman–Crippen LogP) is 2.71. The van der Waals surface area contributed by atoms with Gasteiger partial charge < -0.3 is 14.4 Å². The molecule has 2 unspecified atom stereocenters. The SMILES string of the molecule is CCCC1(O)CN(C(=O)CCc2ccc(C3CC3C)o2)C1. The van der Waals surface area contributed by atoms with Crippen molar-refractivity contribution in [1.29, 1.82) is 0 Å². The summed E-state index contributed by atoms with van der Waals surface area (Å²) in [6.45, 7) is 5.26. The third kappa shape index (κ3) is 3.15. The number of rotatable bonds is 6. The van der Waals surface area contributed by atoms with Crippen LogP contribution in [0.1, 0.15) is 57.0 Å². The number of β-amino-alcohol motifs (C(OH)–C–C–N with tert-alkyl or cyclic N) is 1. The Balaban J connectivity index is 1.43. The van der Waals surface area contributed by atoms with Crippen molar-refractivity contribution in [2.45, 2.75) is 57.5 Å². The summed E-state index contributed by atoms with van der Waals surface area (Å²) in [7, 11) is 0. The van der Waals surface area contributed by atoms with Crippen LogP contribution >= 0.6 is 0 Å². The Labute approximate surface area is 126 Å². The number of nitrogens with zero attached hydrogens (tertiary/aromatic N) is 1. The molecule has 0 spiro atoms. The zero-order valence-electron chi connectivity index (χ0n) is 13.0. The highest BCUT2D eigenvalue weighted by atomic mass is 16.3. The number of amides is 1. The molecule has 116 valence electrons. The average molecular weight is 291 g/mol. The predicted molar refractivity (Wildman–Crippen MR) is 80.0 cm³/mol. The van der Waals surface area contributed by atoms with Crippen LogP contribution in [0.4, 0.5) is 0 Å². The highest BCUT2D eigenvalue weighted by Crippen LogP contribution is 2.47. The number of likely N-dealkylation sites (tertiary alicyclic amines) is 1. The van der Waals surface area contributed by atoms with Crippen LogP contribution in [-0.2, 0) is 11.2 Å². The number of carbonyl (C=O) groups excluding carboxylic acids is 1. The maximum Gasteiger partial charge on any atom is 0.223 e. The summed E-state index contributed by atoms with van der Waals surface area (Å²) in [5.74, 6) is 3.43. The second-order valence-electron chi connectivity index (χ2n) is 6.85. The molecule has 3 rings (SSSR count). The topological polar surface area (TPSA) is 53.7 Å². The molecule has 1 saturated heterocycles. The van der Waals surface area contributed by atoms with Gasteiger partial charge in [0, 0.05) is 18.8 Å². The van der Waals surface area contributed by atoms with Crippen LogP contribution in [0.5, 0.6) is 0 Å². The fourth-order valence-electron chi connectivity index (χ4n) is 3.30. The Hall–Kier alpha value is -1.29. The van der Waals surface area contributed by atoms with E-state index in [1.54, 1.807) is 4.90 Å². The molecular formula is C17H25NO3. The largest absolute Gasteiger partial charge is 0.466 e. The summed E-state index contributed by atoms with van der Waals surface area (Å²) in [5.41, 5.74) is -0.635. The quantitative estimate of drug-likeness (QED) is 0.876. The Bertz CT molecular complexity index is 516. The number of hydrogen-bond donors (Lipinski definition) is 1. The first kappa shape index (κ1) is 14.6. The van der Waals surface area contributed by atoms with Crippen LogP contribution in [0.2, 0.25) is 0 Å². The maximum absolute atomic E-state index is 12.1. The van der Waals surface area contributed by atoms with E-state index in [0.29, 0.717) is 31.8 Å². The van der Waals surface area contributed by atoms with Crippen molar-refractivity contribution in [2.24, 2.45) is 5.92 Å². The number of hydrogen-bond acceptors (Lipinski definition) is 3. The van der Waals surface area contributed by atoms with Crippen molar-refractivity contribution in [3.63, 3.8) is 0 Å². The summed E-state index contributed by atoms with van der Waals surface area (Å²) in [4.78, 5) is 13.8. The minimum absolute atomic E-state index is 0.119. The zero-order chi connectivity index (χ0) is 15.0. The summed E-state index contributed by atoms with van der Waals surface area (Å²) in [6, 6.07) is 4.05. The molecule has 1 amide bonds. The van der Waals surface area contributed by atoms with E-state index in [9.17, 15) is 9.90 Å². The molecule has 4 nitrogen and oxygen atoms in total. The van der Waals surface area contributed by atoms with Gasteiger partial charge in [-0.2, -0.15) is 0 Å². The van der Waals surface area contributed by atoms with Crippen molar-refractivity contribution in [3.05, 3.63) is 23.7 Å². The number of aliphatic hydroxyl groups is 1. The second kappa shape index (κ2) is 5.48. The summed E-state index contributed by atoms with van der Waals surface area (Å²) in [5, 5.41) is 10.1. The molecule has 1 N–H and O–H groups in total. The van der Waals surface area contributed by atoms with Gasteiger partial charge in [-0.05, 0) is 30.9 Å². The molecule has 2 fully saturated rings. The molecule has 2 aliphatic rings. The van der Waals surface area contributed by atoms with E-state index < -0.39 is 5.60 Å². The van der Waals surface area contributed by atoms with Crippen molar-refractivity contribution >= 4 is 5.91 Å². The summed E-state index contributed by atoms with van der Waals surface area (Å²) < 4.78 is 5.82. The third-order valence-electron chi connectivity index (χ3n) is 4.78. The first-order valence-corrected chi connectivity index (χ1v) is 8.09. The van der Waals surface area contributed by atoms with Crippen LogP contribution < -0.4 is 0 Å². The first-order valence-electron chi connectivity index (χ1n) is 8.09. The maximum atomic E-state index is 12.1. The fraction of sp³-hybridized carbons (Fsp3) is 0.706. The number of aryl methyl sites for hydroxylation is 1. The van der Waals surface area contributed by atoms with E-state index in [1.807, 2.05) is 6.07 Å². The lowest BCUT2D eigenvalue weighted by Crippen LogP contribution is -2.63. The van der Waals surface area contributed by atoms with Crippen LogP contribution in [0.15, 0.2) is 16.5 Å². The van der Waals surface area contributed by atoms with Gasteiger partial charge in [0.05, 0.1) is 18.7 Å². The van der Waals surface area contributed by atoms with Gasteiger partial charge in [-0.25, -0.2) is 0 Å². The Morgan fingerprint density at radius 2 is 2.19 bits per heavy atom. The lowest BCUT2D eigenvalue weighted by atomic mass is 9.89. The number of furan rings is 1. The summed E-state index contributed by atoms with van der Waals surface area (Å²) in [6.07, 6.45) is 4.07. The molecule has 1 aliphatic carbocycles. The summed E-state index contributed by atoms with van der Waals surface area (Å²) >= 11 is 0. The van der Waals surface area contributed by atoms with Crippen molar-refractivity contribution in [2.75, 3.05) is 13.1 Å². The molecule has 4 heteroatoms. The molecule has 0 radical (unpaired) electrons. The molecule has 0 aromatic carbocycles. The molecule has 2 heterocycles. The molecule has 0 bridgehead atoms. The van der Waals surface area contributed by atoms with E-state index in [1.165, 1.54) is 6.42 Å². The van der Waals surface area contributed by atoms with Crippen LogP contribution in [0.3, 0.4) is 0 Å².